The van der Waals surface area contributed by atoms with Crippen LogP contribution in [-0.4, -0.2) is 66.1 Å². The molecule has 1 amide bonds. The Labute approximate surface area is 128 Å². The lowest BCUT2D eigenvalue weighted by Crippen LogP contribution is -2.45. The third kappa shape index (κ3) is 3.12. The number of nitrogens with two attached hydrogens (primary N) is 1. The number of ether oxygens (including phenoxy) is 1. The Hall–Kier alpha value is -1.37. The number of hydrogen-bond donors (Lipinski definition) is 1. The normalized spacial score (nSPS) is 23.5. The van der Waals surface area contributed by atoms with Crippen molar-refractivity contribution in [3.63, 3.8) is 0 Å². The van der Waals surface area contributed by atoms with Gasteiger partial charge in [0.05, 0.1) is 30.7 Å². The molecule has 2 saturated heterocycles. The fraction of sp³-hybridized carbons (Fsp3) is 0.571. The predicted octanol–water partition coefficient (Wildman–Crippen LogP) is 0.864. The molecule has 1 atom stereocenters. The number of rotatable bonds is 2. The van der Waals surface area contributed by atoms with E-state index in [0.29, 0.717) is 17.3 Å². The summed E-state index contributed by atoms with van der Waals surface area (Å²) < 4.78 is 5.37. The van der Waals surface area contributed by atoms with Gasteiger partial charge in [-0.2, -0.15) is 0 Å². The third-order valence-electron chi connectivity index (χ3n) is 4.14. The zero-order valence-corrected chi connectivity index (χ0v) is 12.6. The molecule has 0 aliphatic carbocycles. The van der Waals surface area contributed by atoms with Crippen LogP contribution in [0.15, 0.2) is 12.3 Å². The summed E-state index contributed by atoms with van der Waals surface area (Å²) in [6, 6.07) is 1.96. The Morgan fingerprint density at radius 2 is 2.14 bits per heavy atom. The molecule has 6 nitrogen and oxygen atoms in total. The highest BCUT2D eigenvalue weighted by atomic mass is 35.5. The van der Waals surface area contributed by atoms with E-state index in [2.05, 4.69) is 9.88 Å². The lowest BCUT2D eigenvalue weighted by molar-refractivity contribution is 0.0185. The number of hydrogen-bond acceptors (Lipinski definition) is 5. The molecule has 0 spiro atoms. The zero-order valence-electron chi connectivity index (χ0n) is 11.8. The van der Waals surface area contributed by atoms with Gasteiger partial charge in [-0.15, -0.1) is 0 Å². The van der Waals surface area contributed by atoms with E-state index in [1.807, 2.05) is 4.90 Å². The number of halogens is 1. The van der Waals surface area contributed by atoms with Gasteiger partial charge in [0.1, 0.15) is 5.15 Å². The topological polar surface area (TPSA) is 71.7 Å². The molecule has 2 N–H and O–H groups in total. The number of pyridine rings is 1. The molecular weight excluding hydrogens is 292 g/mol. The Morgan fingerprint density at radius 1 is 1.38 bits per heavy atom. The van der Waals surface area contributed by atoms with Crippen molar-refractivity contribution >= 4 is 23.2 Å². The highest BCUT2D eigenvalue weighted by Gasteiger charge is 2.32. The first kappa shape index (κ1) is 14.6. The van der Waals surface area contributed by atoms with Crippen LogP contribution in [0.4, 0.5) is 5.69 Å². The van der Waals surface area contributed by atoms with E-state index in [-0.39, 0.29) is 11.1 Å². The van der Waals surface area contributed by atoms with Crippen molar-refractivity contribution in [2.75, 3.05) is 45.1 Å². The van der Waals surface area contributed by atoms with Crippen molar-refractivity contribution in [1.29, 1.82) is 0 Å². The zero-order chi connectivity index (χ0) is 14.8. The van der Waals surface area contributed by atoms with Crippen LogP contribution < -0.4 is 5.73 Å². The van der Waals surface area contributed by atoms with Gasteiger partial charge < -0.3 is 15.4 Å². The second kappa shape index (κ2) is 6.17. The van der Waals surface area contributed by atoms with Crippen molar-refractivity contribution in [1.82, 2.24) is 14.8 Å². The minimum absolute atomic E-state index is 0.0624. The average molecular weight is 311 g/mol. The van der Waals surface area contributed by atoms with Gasteiger partial charge in [-0.05, 0) is 12.5 Å². The van der Waals surface area contributed by atoms with Crippen LogP contribution in [0.5, 0.6) is 0 Å². The second-order valence-corrected chi connectivity index (χ2v) is 5.82. The summed E-state index contributed by atoms with van der Waals surface area (Å²) in [4.78, 5) is 20.7. The number of amides is 1. The summed E-state index contributed by atoms with van der Waals surface area (Å²) in [6.45, 7) is 4.92. The molecule has 3 heterocycles. The first-order chi connectivity index (χ1) is 10.1. The SMILES string of the molecule is Nc1cnc(Cl)cc1C(=O)N1CCC(N2CCOCC2)C1. The van der Waals surface area contributed by atoms with Gasteiger partial charge in [0.15, 0.2) is 0 Å². The smallest absolute Gasteiger partial charge is 0.256 e. The van der Waals surface area contributed by atoms with Crippen LogP contribution in [0.1, 0.15) is 16.8 Å². The van der Waals surface area contributed by atoms with Crippen molar-refractivity contribution in [2.45, 2.75) is 12.5 Å². The van der Waals surface area contributed by atoms with Gasteiger partial charge in [0.25, 0.3) is 5.91 Å². The van der Waals surface area contributed by atoms with Crippen LogP contribution in [-0.2, 0) is 4.74 Å². The highest BCUT2D eigenvalue weighted by molar-refractivity contribution is 6.29. The van der Waals surface area contributed by atoms with Gasteiger partial charge in [-0.25, -0.2) is 4.98 Å². The molecule has 1 aromatic heterocycles. The van der Waals surface area contributed by atoms with Gasteiger partial charge in [-0.3, -0.25) is 9.69 Å². The summed E-state index contributed by atoms with van der Waals surface area (Å²) in [6.07, 6.45) is 2.43. The molecule has 1 aromatic rings. The summed E-state index contributed by atoms with van der Waals surface area (Å²) in [5, 5.41) is 0.288. The summed E-state index contributed by atoms with van der Waals surface area (Å²) in [7, 11) is 0. The molecule has 7 heteroatoms. The number of carbonyl (C=O) groups excluding carboxylic acids is 1. The second-order valence-electron chi connectivity index (χ2n) is 5.44. The van der Waals surface area contributed by atoms with E-state index in [0.717, 1.165) is 45.8 Å². The molecule has 1 unspecified atom stereocenters. The van der Waals surface area contributed by atoms with Crippen molar-refractivity contribution in [3.8, 4) is 0 Å². The first-order valence-corrected chi connectivity index (χ1v) is 7.55. The largest absolute Gasteiger partial charge is 0.397 e. The van der Waals surface area contributed by atoms with Crippen LogP contribution in [0, 0.1) is 0 Å². The maximum absolute atomic E-state index is 12.6. The molecule has 3 rings (SSSR count). The number of aromatic nitrogens is 1. The Balaban J connectivity index is 1.67. The molecule has 0 bridgehead atoms. The molecule has 2 fully saturated rings. The van der Waals surface area contributed by atoms with E-state index in [4.69, 9.17) is 22.1 Å². The van der Waals surface area contributed by atoms with Gasteiger partial charge in [-0.1, -0.05) is 11.6 Å². The van der Waals surface area contributed by atoms with Crippen LogP contribution in [0.2, 0.25) is 5.15 Å². The number of anilines is 1. The van der Waals surface area contributed by atoms with E-state index in [1.54, 1.807) is 6.07 Å². The average Bonchev–Trinajstić information content (AvgIpc) is 3.00. The van der Waals surface area contributed by atoms with Crippen LogP contribution in [0.3, 0.4) is 0 Å². The monoisotopic (exact) mass is 310 g/mol. The number of carbonyl (C=O) groups is 1. The Kier molecular flexibility index (Phi) is 4.28. The summed E-state index contributed by atoms with van der Waals surface area (Å²) >= 11 is 5.86. The molecule has 0 radical (unpaired) electrons. The first-order valence-electron chi connectivity index (χ1n) is 7.17. The lowest BCUT2D eigenvalue weighted by Gasteiger charge is -2.32. The maximum atomic E-state index is 12.6. The molecular formula is C14H19ClN4O2. The van der Waals surface area contributed by atoms with E-state index >= 15 is 0 Å². The van der Waals surface area contributed by atoms with E-state index in [1.165, 1.54) is 6.20 Å². The standard InChI is InChI=1S/C14H19ClN4O2/c15-13-7-11(12(16)8-17-13)14(20)19-2-1-10(9-19)18-3-5-21-6-4-18/h7-8,10H,1-6,9,16H2. The molecule has 0 saturated carbocycles. The minimum Gasteiger partial charge on any atom is -0.397 e. The van der Waals surface area contributed by atoms with Gasteiger partial charge in [0, 0.05) is 32.2 Å². The number of nitrogen functional groups attached to an aromatic ring is 1. The molecule has 2 aliphatic rings. The van der Waals surface area contributed by atoms with Crippen LogP contribution in [0.25, 0.3) is 0 Å². The minimum atomic E-state index is -0.0624. The molecule has 21 heavy (non-hydrogen) atoms. The lowest BCUT2D eigenvalue weighted by atomic mass is 10.2. The Morgan fingerprint density at radius 3 is 2.90 bits per heavy atom. The van der Waals surface area contributed by atoms with E-state index < -0.39 is 0 Å². The van der Waals surface area contributed by atoms with Crippen molar-refractivity contribution in [2.24, 2.45) is 0 Å². The summed E-state index contributed by atoms with van der Waals surface area (Å²) in [5.74, 6) is -0.0624. The Bertz CT molecular complexity index is 534. The number of nitrogens with zero attached hydrogens (tertiary/aromatic N) is 3. The van der Waals surface area contributed by atoms with Crippen molar-refractivity contribution < 1.29 is 9.53 Å². The van der Waals surface area contributed by atoms with Gasteiger partial charge in [0.2, 0.25) is 0 Å². The fourth-order valence-corrected chi connectivity index (χ4v) is 3.12. The number of morpholine rings is 1. The number of likely N-dealkylation sites (tertiary alicyclic amines) is 1. The quantitative estimate of drug-likeness (QED) is 0.821. The molecule has 114 valence electrons. The predicted molar refractivity (Wildman–Crippen MR) is 80.4 cm³/mol. The van der Waals surface area contributed by atoms with E-state index in [9.17, 15) is 4.79 Å². The van der Waals surface area contributed by atoms with Crippen molar-refractivity contribution in [3.05, 3.63) is 23.0 Å². The highest BCUT2D eigenvalue weighted by Crippen LogP contribution is 2.22. The van der Waals surface area contributed by atoms with Gasteiger partial charge >= 0.3 is 0 Å². The fourth-order valence-electron chi connectivity index (χ4n) is 2.96. The maximum Gasteiger partial charge on any atom is 0.256 e. The molecule has 2 aliphatic heterocycles. The molecule has 0 aromatic carbocycles. The summed E-state index contributed by atoms with van der Waals surface area (Å²) in [5.41, 5.74) is 6.66. The van der Waals surface area contributed by atoms with Crippen LogP contribution >= 0.6 is 11.6 Å². The third-order valence-corrected chi connectivity index (χ3v) is 4.35.